The van der Waals surface area contributed by atoms with Crippen molar-refractivity contribution < 1.29 is 18.0 Å². The summed E-state index contributed by atoms with van der Waals surface area (Å²) >= 11 is 0. The number of amides is 1. The molecular formula is C19H18F3NO. The van der Waals surface area contributed by atoms with E-state index < -0.39 is 6.18 Å². The van der Waals surface area contributed by atoms with Crippen LogP contribution in [0.2, 0.25) is 0 Å². The summed E-state index contributed by atoms with van der Waals surface area (Å²) in [5.74, 6) is 0.102. The summed E-state index contributed by atoms with van der Waals surface area (Å²) in [5, 5.41) is 2.76. The van der Waals surface area contributed by atoms with Crippen LogP contribution in [0.25, 0.3) is 6.08 Å². The van der Waals surface area contributed by atoms with Gasteiger partial charge in [0.25, 0.3) is 5.91 Å². The van der Waals surface area contributed by atoms with E-state index in [9.17, 15) is 18.0 Å². The quantitative estimate of drug-likeness (QED) is 0.771. The van der Waals surface area contributed by atoms with E-state index in [1.807, 2.05) is 24.3 Å². The topological polar surface area (TPSA) is 29.1 Å². The Morgan fingerprint density at radius 2 is 1.58 bits per heavy atom. The molecule has 0 fully saturated rings. The van der Waals surface area contributed by atoms with E-state index in [0.717, 1.165) is 6.08 Å². The Hall–Kier alpha value is -2.56. The first-order chi connectivity index (χ1) is 11.2. The number of alkyl halides is 3. The van der Waals surface area contributed by atoms with Gasteiger partial charge in [0.15, 0.2) is 0 Å². The van der Waals surface area contributed by atoms with Crippen molar-refractivity contribution in [2.75, 3.05) is 5.32 Å². The number of hydrogen-bond donors (Lipinski definition) is 1. The first kappa shape index (κ1) is 17.8. The molecule has 2 aromatic carbocycles. The lowest BCUT2D eigenvalue weighted by molar-refractivity contribution is -0.0790. The van der Waals surface area contributed by atoms with E-state index in [0.29, 0.717) is 22.7 Å². The third-order valence-electron chi connectivity index (χ3n) is 3.47. The zero-order valence-electron chi connectivity index (χ0n) is 13.4. The van der Waals surface area contributed by atoms with E-state index in [4.69, 9.17) is 0 Å². The second kappa shape index (κ2) is 7.34. The van der Waals surface area contributed by atoms with Crippen LogP contribution in [0.5, 0.6) is 0 Å². The van der Waals surface area contributed by atoms with Gasteiger partial charge in [-0.05, 0) is 41.3 Å². The summed E-state index contributed by atoms with van der Waals surface area (Å²) in [6, 6.07) is 13.5. The number of halogens is 3. The molecule has 0 heterocycles. The Bertz CT molecular complexity index is 714. The van der Waals surface area contributed by atoms with Gasteiger partial charge in [0.2, 0.25) is 0 Å². The molecule has 1 N–H and O–H groups in total. The smallest absolute Gasteiger partial charge is 0.322 e. The minimum Gasteiger partial charge on any atom is -0.322 e. The lowest BCUT2D eigenvalue weighted by Crippen LogP contribution is -2.11. The predicted octanol–water partition coefficient (Wildman–Crippen LogP) is 5.64. The average molecular weight is 333 g/mol. The second-order valence-corrected chi connectivity index (χ2v) is 5.73. The van der Waals surface area contributed by atoms with Crippen LogP contribution in [-0.2, 0) is 0 Å². The van der Waals surface area contributed by atoms with Crippen LogP contribution in [0.1, 0.15) is 41.3 Å². The van der Waals surface area contributed by atoms with E-state index >= 15 is 0 Å². The molecule has 0 radical (unpaired) electrons. The fraction of sp³-hybridized carbons (Fsp3) is 0.211. The van der Waals surface area contributed by atoms with Crippen LogP contribution in [0, 0.1) is 0 Å². The van der Waals surface area contributed by atoms with Crippen molar-refractivity contribution in [3.05, 3.63) is 71.3 Å². The Morgan fingerprint density at radius 3 is 2.08 bits per heavy atom. The van der Waals surface area contributed by atoms with Gasteiger partial charge in [-0.1, -0.05) is 44.2 Å². The molecule has 0 unspecified atom stereocenters. The number of carbonyl (C=O) groups excluding carboxylic acids is 1. The fourth-order valence-corrected chi connectivity index (χ4v) is 2.09. The van der Waals surface area contributed by atoms with Crippen LogP contribution in [0.4, 0.5) is 18.9 Å². The van der Waals surface area contributed by atoms with Crippen molar-refractivity contribution in [2.45, 2.75) is 25.9 Å². The van der Waals surface area contributed by atoms with Crippen molar-refractivity contribution in [1.82, 2.24) is 0 Å². The van der Waals surface area contributed by atoms with E-state index in [-0.39, 0.29) is 12.0 Å². The van der Waals surface area contributed by atoms with Crippen molar-refractivity contribution in [3.63, 3.8) is 0 Å². The molecule has 0 aliphatic rings. The Kier molecular flexibility index (Phi) is 5.44. The number of nitrogens with one attached hydrogen (secondary N) is 1. The van der Waals surface area contributed by atoms with E-state index in [2.05, 4.69) is 19.2 Å². The maximum Gasteiger partial charge on any atom is 0.409 e. The molecule has 0 saturated carbocycles. The van der Waals surface area contributed by atoms with Gasteiger partial charge in [-0.25, -0.2) is 0 Å². The molecule has 0 saturated heterocycles. The lowest BCUT2D eigenvalue weighted by Gasteiger charge is -2.08. The van der Waals surface area contributed by atoms with Crippen molar-refractivity contribution in [2.24, 2.45) is 0 Å². The molecule has 0 spiro atoms. The third kappa shape index (κ3) is 5.26. The molecule has 5 heteroatoms. The number of allylic oxidation sites excluding steroid dienone is 1. The van der Waals surface area contributed by atoms with E-state index in [1.54, 1.807) is 0 Å². The average Bonchev–Trinajstić information content (AvgIpc) is 2.53. The summed E-state index contributed by atoms with van der Waals surface area (Å²) in [7, 11) is 0. The summed E-state index contributed by atoms with van der Waals surface area (Å²) in [6.07, 6.45) is -3.22. The molecule has 0 aliphatic carbocycles. The van der Waals surface area contributed by atoms with Gasteiger partial charge in [0, 0.05) is 17.3 Å². The minimum absolute atomic E-state index is 0.165. The highest BCUT2D eigenvalue weighted by Gasteiger charge is 2.21. The summed E-state index contributed by atoms with van der Waals surface area (Å²) in [5.41, 5.74) is 2.61. The van der Waals surface area contributed by atoms with Crippen molar-refractivity contribution in [1.29, 1.82) is 0 Å². The second-order valence-electron chi connectivity index (χ2n) is 5.73. The highest BCUT2D eigenvalue weighted by Crippen LogP contribution is 2.19. The number of hydrogen-bond acceptors (Lipinski definition) is 1. The number of anilines is 1. The number of benzene rings is 2. The number of carbonyl (C=O) groups is 1. The van der Waals surface area contributed by atoms with Crippen LogP contribution in [-0.4, -0.2) is 12.1 Å². The third-order valence-corrected chi connectivity index (χ3v) is 3.47. The van der Waals surface area contributed by atoms with Gasteiger partial charge in [-0.2, -0.15) is 13.2 Å². The van der Waals surface area contributed by atoms with Crippen LogP contribution >= 0.6 is 0 Å². The van der Waals surface area contributed by atoms with E-state index in [1.165, 1.54) is 29.8 Å². The maximum absolute atomic E-state index is 12.2. The van der Waals surface area contributed by atoms with Crippen LogP contribution in [0.15, 0.2) is 54.6 Å². The van der Waals surface area contributed by atoms with Gasteiger partial charge in [0.1, 0.15) is 0 Å². The molecular weight excluding hydrogens is 315 g/mol. The van der Waals surface area contributed by atoms with Gasteiger partial charge < -0.3 is 5.32 Å². The summed E-state index contributed by atoms with van der Waals surface area (Å²) in [4.78, 5) is 12.2. The zero-order valence-corrected chi connectivity index (χ0v) is 13.4. The zero-order chi connectivity index (χ0) is 17.7. The molecule has 1 amide bonds. The molecule has 0 atom stereocenters. The largest absolute Gasteiger partial charge is 0.409 e. The standard InChI is InChI=1S/C19H18F3NO/c1-13(2)15-7-9-17(10-8-15)23-18(24)16-5-3-14(4-6-16)11-12-19(20,21)22/h3-13H,1-2H3,(H,23,24). The highest BCUT2D eigenvalue weighted by atomic mass is 19.4. The van der Waals surface area contributed by atoms with Crippen molar-refractivity contribution in [3.8, 4) is 0 Å². The minimum atomic E-state index is -4.35. The number of rotatable bonds is 4. The first-order valence-corrected chi connectivity index (χ1v) is 7.52. The molecule has 0 aliphatic heterocycles. The summed E-state index contributed by atoms with van der Waals surface area (Å²) < 4.78 is 36.4. The fourth-order valence-electron chi connectivity index (χ4n) is 2.09. The van der Waals surface area contributed by atoms with Crippen molar-refractivity contribution >= 4 is 17.7 Å². The Balaban J connectivity index is 2.03. The normalized spacial score (nSPS) is 11.9. The Morgan fingerprint density at radius 1 is 1.00 bits per heavy atom. The van der Waals surface area contributed by atoms with Gasteiger partial charge >= 0.3 is 6.18 Å². The lowest BCUT2D eigenvalue weighted by atomic mass is 10.0. The molecule has 0 bridgehead atoms. The molecule has 126 valence electrons. The van der Waals surface area contributed by atoms with Gasteiger partial charge in [-0.15, -0.1) is 0 Å². The highest BCUT2D eigenvalue weighted by molar-refractivity contribution is 6.04. The maximum atomic E-state index is 12.2. The molecule has 24 heavy (non-hydrogen) atoms. The van der Waals surface area contributed by atoms with Gasteiger partial charge in [-0.3, -0.25) is 4.79 Å². The first-order valence-electron chi connectivity index (χ1n) is 7.52. The molecule has 0 aromatic heterocycles. The van der Waals surface area contributed by atoms with Crippen LogP contribution in [0.3, 0.4) is 0 Å². The summed E-state index contributed by atoms with van der Waals surface area (Å²) in [6.45, 7) is 4.17. The molecule has 2 rings (SSSR count). The van der Waals surface area contributed by atoms with Crippen LogP contribution < -0.4 is 5.32 Å². The predicted molar refractivity (Wildman–Crippen MR) is 90.0 cm³/mol. The Labute approximate surface area is 139 Å². The molecule has 2 aromatic rings. The monoisotopic (exact) mass is 333 g/mol. The SMILES string of the molecule is CC(C)c1ccc(NC(=O)c2ccc(C=CC(F)(F)F)cc2)cc1. The molecule has 2 nitrogen and oxygen atoms in total. The van der Waals surface area contributed by atoms with Gasteiger partial charge in [0.05, 0.1) is 0 Å².